The summed E-state index contributed by atoms with van der Waals surface area (Å²) in [4.78, 5) is 33.1. The third-order valence-corrected chi connectivity index (χ3v) is 3.45. The first-order valence-corrected chi connectivity index (χ1v) is 7.50. The number of nitro groups is 1. The van der Waals surface area contributed by atoms with Crippen LogP contribution in [0.3, 0.4) is 0 Å². The molecule has 0 aliphatic carbocycles. The van der Waals surface area contributed by atoms with Crippen LogP contribution in [0.5, 0.6) is 5.75 Å². The second-order valence-electron chi connectivity index (χ2n) is 5.43. The van der Waals surface area contributed by atoms with Crippen molar-refractivity contribution in [1.82, 2.24) is 0 Å². The molecule has 0 unspecified atom stereocenters. The van der Waals surface area contributed by atoms with Gasteiger partial charge in [-0.05, 0) is 37.3 Å². The van der Waals surface area contributed by atoms with Gasteiger partial charge in [0.1, 0.15) is 6.29 Å². The van der Waals surface area contributed by atoms with Crippen molar-refractivity contribution in [3.8, 4) is 5.75 Å². The first-order chi connectivity index (χ1) is 12.6. The van der Waals surface area contributed by atoms with E-state index in [2.05, 4.69) is 5.32 Å². The molecule has 0 aliphatic rings. The Morgan fingerprint density at radius 3 is 2.56 bits per heavy atom. The summed E-state index contributed by atoms with van der Waals surface area (Å²) in [7, 11) is 0. The van der Waals surface area contributed by atoms with E-state index in [1.54, 1.807) is 0 Å². The number of carbonyl (C=O) groups is 2. The Morgan fingerprint density at radius 2 is 1.96 bits per heavy atom. The van der Waals surface area contributed by atoms with Gasteiger partial charge in [0, 0.05) is 17.3 Å². The lowest BCUT2D eigenvalue weighted by Gasteiger charge is -2.15. The predicted octanol–water partition coefficient (Wildman–Crippen LogP) is 3.83. The van der Waals surface area contributed by atoms with Crippen LogP contribution < -0.4 is 10.1 Å². The van der Waals surface area contributed by atoms with Gasteiger partial charge in [-0.15, -0.1) is 0 Å². The highest BCUT2D eigenvalue weighted by atomic mass is 19.4. The first kappa shape index (κ1) is 19.9. The molecule has 0 saturated carbocycles. The van der Waals surface area contributed by atoms with Crippen LogP contribution in [0.4, 0.5) is 24.5 Å². The minimum absolute atomic E-state index is 0.0510. The van der Waals surface area contributed by atoms with Crippen LogP contribution in [0, 0.1) is 10.1 Å². The highest BCUT2D eigenvalue weighted by Crippen LogP contribution is 2.31. The number of benzene rings is 2. The number of hydrogen-bond donors (Lipinski definition) is 1. The molecule has 0 heterocycles. The average molecular weight is 382 g/mol. The largest absolute Gasteiger partial charge is 0.474 e. The van der Waals surface area contributed by atoms with E-state index in [1.165, 1.54) is 19.1 Å². The smallest absolute Gasteiger partial charge is 0.416 e. The number of rotatable bonds is 6. The number of anilines is 1. The van der Waals surface area contributed by atoms with Crippen LogP contribution in [0.1, 0.15) is 22.8 Å². The number of aldehydes is 1. The van der Waals surface area contributed by atoms with Gasteiger partial charge in [-0.3, -0.25) is 19.7 Å². The minimum Gasteiger partial charge on any atom is -0.474 e. The van der Waals surface area contributed by atoms with E-state index in [0.29, 0.717) is 6.29 Å². The van der Waals surface area contributed by atoms with Gasteiger partial charge in [0.25, 0.3) is 5.91 Å². The number of alkyl halides is 3. The number of ether oxygens (including phenoxy) is 1. The summed E-state index contributed by atoms with van der Waals surface area (Å²) in [6.07, 6.45) is -5.40. The molecule has 0 bridgehead atoms. The fraction of sp³-hybridized carbons (Fsp3) is 0.176. The lowest BCUT2D eigenvalue weighted by molar-refractivity contribution is -0.386. The van der Waals surface area contributed by atoms with Crippen LogP contribution in [0.15, 0.2) is 42.5 Å². The number of nitrogens with one attached hydrogen (secondary N) is 1. The van der Waals surface area contributed by atoms with Crippen LogP contribution in [0.25, 0.3) is 0 Å². The molecular weight excluding hydrogens is 369 g/mol. The number of carbonyl (C=O) groups excluding carboxylic acids is 2. The van der Waals surface area contributed by atoms with Gasteiger partial charge in [0.2, 0.25) is 0 Å². The molecule has 1 amide bonds. The maximum absolute atomic E-state index is 12.7. The molecule has 0 aromatic heterocycles. The van der Waals surface area contributed by atoms with E-state index >= 15 is 0 Å². The Balaban J connectivity index is 2.15. The van der Waals surface area contributed by atoms with Crippen LogP contribution in [0.2, 0.25) is 0 Å². The second kappa shape index (κ2) is 7.85. The number of amides is 1. The first-order valence-electron chi connectivity index (χ1n) is 7.50. The molecule has 27 heavy (non-hydrogen) atoms. The molecule has 2 rings (SSSR count). The van der Waals surface area contributed by atoms with E-state index in [1.807, 2.05) is 0 Å². The summed E-state index contributed by atoms with van der Waals surface area (Å²) in [5.74, 6) is -1.06. The van der Waals surface area contributed by atoms with Gasteiger partial charge >= 0.3 is 11.9 Å². The fourth-order valence-electron chi connectivity index (χ4n) is 2.11. The van der Waals surface area contributed by atoms with Crippen LogP contribution in [-0.4, -0.2) is 23.2 Å². The molecule has 2 aromatic rings. The second-order valence-corrected chi connectivity index (χ2v) is 5.43. The molecule has 0 aliphatic heterocycles. The Kier molecular flexibility index (Phi) is 5.78. The van der Waals surface area contributed by atoms with Gasteiger partial charge in [0.05, 0.1) is 10.5 Å². The third-order valence-electron chi connectivity index (χ3n) is 3.45. The van der Waals surface area contributed by atoms with Crippen molar-refractivity contribution in [1.29, 1.82) is 0 Å². The minimum atomic E-state index is -4.57. The van der Waals surface area contributed by atoms with E-state index in [-0.39, 0.29) is 17.0 Å². The molecule has 0 fully saturated rings. The van der Waals surface area contributed by atoms with Crippen molar-refractivity contribution in [3.63, 3.8) is 0 Å². The Bertz CT molecular complexity index is 883. The Morgan fingerprint density at radius 1 is 1.26 bits per heavy atom. The topological polar surface area (TPSA) is 98.5 Å². The zero-order valence-corrected chi connectivity index (χ0v) is 13.8. The summed E-state index contributed by atoms with van der Waals surface area (Å²) in [5, 5.41) is 13.3. The lowest BCUT2D eigenvalue weighted by Crippen LogP contribution is -2.30. The third kappa shape index (κ3) is 5.03. The van der Waals surface area contributed by atoms with Crippen molar-refractivity contribution >= 4 is 23.6 Å². The zero-order chi connectivity index (χ0) is 20.2. The summed E-state index contributed by atoms with van der Waals surface area (Å²) in [5.41, 5.74) is -1.50. The van der Waals surface area contributed by atoms with E-state index in [0.717, 1.165) is 30.3 Å². The SMILES string of the molecule is C[C@@H](Oc1ccc(C=O)cc1[N+](=O)[O-])C(=O)Nc1cccc(C(F)(F)F)c1. The predicted molar refractivity (Wildman–Crippen MR) is 88.6 cm³/mol. The lowest BCUT2D eigenvalue weighted by atomic mass is 10.2. The summed E-state index contributed by atoms with van der Waals surface area (Å²) >= 11 is 0. The molecule has 7 nitrogen and oxygen atoms in total. The number of hydrogen-bond acceptors (Lipinski definition) is 5. The molecule has 1 atom stereocenters. The van der Waals surface area contributed by atoms with Crippen LogP contribution in [-0.2, 0) is 11.0 Å². The quantitative estimate of drug-likeness (QED) is 0.465. The molecule has 1 N–H and O–H groups in total. The Labute approximate surface area is 150 Å². The van der Waals surface area contributed by atoms with Gasteiger partial charge in [-0.25, -0.2) is 0 Å². The van der Waals surface area contributed by atoms with E-state index in [9.17, 15) is 32.9 Å². The van der Waals surface area contributed by atoms with Crippen molar-refractivity contribution in [2.75, 3.05) is 5.32 Å². The molecule has 0 spiro atoms. The number of nitrogens with zero attached hydrogens (tertiary/aromatic N) is 1. The summed E-state index contributed by atoms with van der Waals surface area (Å²) in [6, 6.07) is 7.43. The normalized spacial score (nSPS) is 12.1. The van der Waals surface area contributed by atoms with E-state index < -0.39 is 34.4 Å². The highest BCUT2D eigenvalue weighted by Gasteiger charge is 2.30. The molecule has 2 aromatic carbocycles. The summed E-state index contributed by atoms with van der Waals surface area (Å²) < 4.78 is 43.4. The van der Waals surface area contributed by atoms with Crippen molar-refractivity contribution in [2.45, 2.75) is 19.2 Å². The Hall–Kier alpha value is -3.43. The molecular formula is C17H13F3N2O5. The van der Waals surface area contributed by atoms with Gasteiger partial charge in [-0.2, -0.15) is 13.2 Å². The van der Waals surface area contributed by atoms with Crippen molar-refractivity contribution in [3.05, 3.63) is 63.7 Å². The number of nitro benzene ring substituents is 1. The van der Waals surface area contributed by atoms with Gasteiger partial charge < -0.3 is 10.1 Å². The monoisotopic (exact) mass is 382 g/mol. The van der Waals surface area contributed by atoms with Gasteiger partial charge in [0.15, 0.2) is 11.9 Å². The zero-order valence-electron chi connectivity index (χ0n) is 13.8. The molecule has 10 heteroatoms. The highest BCUT2D eigenvalue weighted by molar-refractivity contribution is 5.94. The van der Waals surface area contributed by atoms with Crippen molar-refractivity contribution < 1.29 is 32.4 Å². The average Bonchev–Trinajstić information content (AvgIpc) is 2.61. The van der Waals surface area contributed by atoms with Gasteiger partial charge in [-0.1, -0.05) is 6.07 Å². The summed E-state index contributed by atoms with van der Waals surface area (Å²) in [6.45, 7) is 1.28. The number of halogens is 3. The standard InChI is InChI=1S/C17H13F3N2O5/c1-10(27-15-6-5-11(9-23)7-14(15)22(25)26)16(24)21-13-4-2-3-12(8-13)17(18,19)20/h2-10H,1H3,(H,21,24)/t10-/m1/s1. The molecule has 142 valence electrons. The van der Waals surface area contributed by atoms with Crippen molar-refractivity contribution in [2.24, 2.45) is 0 Å². The molecule has 0 saturated heterocycles. The fourth-order valence-corrected chi connectivity index (χ4v) is 2.11. The van der Waals surface area contributed by atoms with Crippen LogP contribution >= 0.6 is 0 Å². The maximum atomic E-state index is 12.7. The molecule has 0 radical (unpaired) electrons. The van der Waals surface area contributed by atoms with E-state index in [4.69, 9.17) is 4.74 Å². The maximum Gasteiger partial charge on any atom is 0.416 e.